The molecule has 0 amide bonds. The van der Waals surface area contributed by atoms with E-state index in [2.05, 4.69) is 0 Å². The minimum atomic E-state index is -2.21. The third-order valence-corrected chi connectivity index (χ3v) is 0.986. The molecule has 6 N–H and O–H groups in total. The van der Waals surface area contributed by atoms with Gasteiger partial charge < -0.3 is 15.9 Å². The van der Waals surface area contributed by atoms with Crippen LogP contribution in [0.4, 0.5) is 0 Å². The fourth-order valence-electron chi connectivity index (χ4n) is 0.300. The molecule has 0 aromatic carbocycles. The molecule has 0 aromatic heterocycles. The van der Waals surface area contributed by atoms with Gasteiger partial charge in [0.05, 0.1) is 6.04 Å². The Morgan fingerprint density at radius 2 is 2.00 bits per heavy atom. The Balaban J connectivity index is 3.62. The zero-order chi connectivity index (χ0) is 6.78. The summed E-state index contributed by atoms with van der Waals surface area (Å²) in [4.78, 5) is 0. The Bertz CT molecular complexity index is 68.9. The van der Waals surface area contributed by atoms with Gasteiger partial charge in [0.25, 0.3) is 0 Å². The summed E-state index contributed by atoms with van der Waals surface area (Å²) in [5.41, 5.74) is 9.90. The minimum Gasteiger partial charge on any atom is -0.352 e. The lowest BCUT2D eigenvalue weighted by molar-refractivity contribution is -0.171. The van der Waals surface area contributed by atoms with Gasteiger partial charge in [-0.15, -0.1) is 0 Å². The summed E-state index contributed by atoms with van der Waals surface area (Å²) in [6.07, 6.45) is 0.448. The zero-order valence-electron chi connectivity index (χ0n) is 4.83. The Morgan fingerprint density at radius 3 is 2.00 bits per heavy atom. The molecule has 0 saturated heterocycles. The lowest BCUT2D eigenvalue weighted by Crippen LogP contribution is -2.54. The molecule has 0 heterocycles. The summed E-state index contributed by atoms with van der Waals surface area (Å²) in [7, 11) is 0. The van der Waals surface area contributed by atoms with Crippen molar-refractivity contribution in [1.82, 2.24) is 0 Å². The van der Waals surface area contributed by atoms with E-state index in [1.165, 1.54) is 0 Å². The number of hydrogen-bond acceptors (Lipinski definition) is 4. The van der Waals surface area contributed by atoms with Gasteiger partial charge in [0, 0.05) is 0 Å². The third kappa shape index (κ3) is 2.23. The smallest absolute Gasteiger partial charge is 0.235 e. The molecule has 0 saturated carbocycles. The molecule has 8 heavy (non-hydrogen) atoms. The number of hydrogen-bond donors (Lipinski definition) is 4. The molecule has 0 bridgehead atoms. The van der Waals surface area contributed by atoms with Crippen LogP contribution in [0.15, 0.2) is 0 Å². The second-order valence-corrected chi connectivity index (χ2v) is 1.80. The highest BCUT2D eigenvalue weighted by Crippen LogP contribution is 1.97. The van der Waals surface area contributed by atoms with Crippen molar-refractivity contribution in [2.24, 2.45) is 11.5 Å². The topological polar surface area (TPSA) is 92.5 Å². The van der Waals surface area contributed by atoms with Crippen LogP contribution < -0.4 is 11.5 Å². The van der Waals surface area contributed by atoms with Crippen molar-refractivity contribution in [3.8, 4) is 0 Å². The lowest BCUT2D eigenvalue weighted by atomic mass is 10.2. The SMILES string of the molecule is CCC(N)C(N)(O)O. The largest absolute Gasteiger partial charge is 0.352 e. The van der Waals surface area contributed by atoms with Crippen molar-refractivity contribution in [2.75, 3.05) is 0 Å². The molecule has 1 unspecified atom stereocenters. The monoisotopic (exact) mass is 120 g/mol. The van der Waals surface area contributed by atoms with E-state index in [0.29, 0.717) is 6.42 Å². The van der Waals surface area contributed by atoms with Gasteiger partial charge in [0.15, 0.2) is 0 Å². The molecule has 0 aromatic rings. The van der Waals surface area contributed by atoms with E-state index in [1.54, 1.807) is 6.92 Å². The average molecular weight is 120 g/mol. The number of nitrogens with two attached hydrogens (primary N) is 2. The van der Waals surface area contributed by atoms with E-state index in [-0.39, 0.29) is 0 Å². The average Bonchev–Trinajstić information content (AvgIpc) is 1.62. The maximum atomic E-state index is 8.49. The maximum absolute atomic E-state index is 8.49. The summed E-state index contributed by atoms with van der Waals surface area (Å²) >= 11 is 0. The van der Waals surface area contributed by atoms with Crippen LogP contribution in [0, 0.1) is 0 Å². The predicted octanol–water partition coefficient (Wildman–Crippen LogP) is -1.68. The first kappa shape index (κ1) is 7.84. The second-order valence-electron chi connectivity index (χ2n) is 1.80. The normalized spacial score (nSPS) is 16.1. The molecule has 4 heteroatoms. The molecule has 0 aliphatic heterocycles. The van der Waals surface area contributed by atoms with Crippen molar-refractivity contribution in [3.63, 3.8) is 0 Å². The Labute approximate surface area is 48.1 Å². The standard InChI is InChI=1S/C4H12N2O2/c1-2-3(5)4(6,7)8/h3,7-8H,2,5-6H2,1H3. The van der Waals surface area contributed by atoms with Gasteiger partial charge in [0.1, 0.15) is 0 Å². The zero-order valence-corrected chi connectivity index (χ0v) is 4.83. The highest BCUT2D eigenvalue weighted by atomic mass is 16.5. The van der Waals surface area contributed by atoms with Crippen molar-refractivity contribution in [2.45, 2.75) is 25.3 Å². The van der Waals surface area contributed by atoms with Crippen LogP contribution in [0.3, 0.4) is 0 Å². The molecule has 0 spiro atoms. The molecule has 0 aliphatic carbocycles. The van der Waals surface area contributed by atoms with Gasteiger partial charge >= 0.3 is 0 Å². The summed E-state index contributed by atoms with van der Waals surface area (Å²) in [6.45, 7) is 1.72. The van der Waals surface area contributed by atoms with Crippen LogP contribution in [0.2, 0.25) is 0 Å². The molecule has 0 aliphatic rings. The second kappa shape index (κ2) is 2.41. The van der Waals surface area contributed by atoms with Crippen LogP contribution in [0.5, 0.6) is 0 Å². The highest BCUT2D eigenvalue weighted by molar-refractivity contribution is 4.69. The van der Waals surface area contributed by atoms with E-state index < -0.39 is 12.0 Å². The summed E-state index contributed by atoms with van der Waals surface area (Å²) in [5.74, 6) is -2.21. The van der Waals surface area contributed by atoms with Crippen LogP contribution >= 0.6 is 0 Å². The van der Waals surface area contributed by atoms with Crippen molar-refractivity contribution >= 4 is 0 Å². The van der Waals surface area contributed by atoms with E-state index in [0.717, 1.165) is 0 Å². The van der Waals surface area contributed by atoms with Gasteiger partial charge in [-0.3, -0.25) is 5.73 Å². The Hall–Kier alpha value is -0.160. The van der Waals surface area contributed by atoms with Crippen molar-refractivity contribution in [3.05, 3.63) is 0 Å². The molecule has 0 radical (unpaired) electrons. The van der Waals surface area contributed by atoms with Crippen molar-refractivity contribution in [1.29, 1.82) is 0 Å². The van der Waals surface area contributed by atoms with Gasteiger partial charge in [0.2, 0.25) is 5.91 Å². The quantitative estimate of drug-likeness (QED) is 0.327. The van der Waals surface area contributed by atoms with Crippen molar-refractivity contribution < 1.29 is 10.2 Å². The first-order chi connectivity index (χ1) is 3.48. The van der Waals surface area contributed by atoms with E-state index >= 15 is 0 Å². The molecular formula is C4H12N2O2. The highest BCUT2D eigenvalue weighted by Gasteiger charge is 2.23. The summed E-state index contributed by atoms with van der Waals surface area (Å²) < 4.78 is 0. The minimum absolute atomic E-state index is 0.448. The fraction of sp³-hybridized carbons (Fsp3) is 1.00. The van der Waals surface area contributed by atoms with Crippen LogP contribution in [-0.2, 0) is 0 Å². The van der Waals surface area contributed by atoms with E-state index in [9.17, 15) is 0 Å². The van der Waals surface area contributed by atoms with Gasteiger partial charge in [-0.2, -0.15) is 0 Å². The van der Waals surface area contributed by atoms with Gasteiger partial charge in [-0.1, -0.05) is 6.92 Å². The molecule has 0 rings (SSSR count). The molecule has 4 nitrogen and oxygen atoms in total. The lowest BCUT2D eigenvalue weighted by Gasteiger charge is -2.21. The van der Waals surface area contributed by atoms with Crippen LogP contribution in [0.1, 0.15) is 13.3 Å². The summed E-state index contributed by atoms with van der Waals surface area (Å²) in [6, 6.07) is -0.762. The molecular weight excluding hydrogens is 108 g/mol. The molecule has 0 fully saturated rings. The fourth-order valence-corrected chi connectivity index (χ4v) is 0.300. The molecule has 50 valence electrons. The first-order valence-corrected chi connectivity index (χ1v) is 2.47. The van der Waals surface area contributed by atoms with E-state index in [4.69, 9.17) is 21.7 Å². The van der Waals surface area contributed by atoms with Gasteiger partial charge in [-0.05, 0) is 6.42 Å². The van der Waals surface area contributed by atoms with Crippen LogP contribution in [-0.4, -0.2) is 22.2 Å². The predicted molar refractivity (Wildman–Crippen MR) is 29.6 cm³/mol. The first-order valence-electron chi connectivity index (χ1n) is 2.47. The number of aliphatic hydroxyl groups is 2. The van der Waals surface area contributed by atoms with Crippen LogP contribution in [0.25, 0.3) is 0 Å². The Kier molecular flexibility index (Phi) is 2.36. The number of rotatable bonds is 2. The molecule has 1 atom stereocenters. The van der Waals surface area contributed by atoms with Gasteiger partial charge in [-0.25, -0.2) is 0 Å². The Morgan fingerprint density at radius 1 is 1.62 bits per heavy atom. The van der Waals surface area contributed by atoms with E-state index in [1.807, 2.05) is 0 Å². The maximum Gasteiger partial charge on any atom is 0.235 e. The third-order valence-electron chi connectivity index (χ3n) is 0.986. The summed E-state index contributed by atoms with van der Waals surface area (Å²) in [5, 5.41) is 17.0.